The van der Waals surface area contributed by atoms with E-state index in [9.17, 15) is 9.90 Å². The molecular formula is C12H15N3O3. The van der Waals surface area contributed by atoms with Gasteiger partial charge in [-0.25, -0.2) is 9.78 Å². The summed E-state index contributed by atoms with van der Waals surface area (Å²) in [6, 6.07) is 0. The number of esters is 1. The van der Waals surface area contributed by atoms with Crippen LogP contribution in [0.4, 0.5) is 5.82 Å². The molecule has 2 fully saturated rings. The van der Waals surface area contributed by atoms with E-state index in [0.717, 1.165) is 12.8 Å². The van der Waals surface area contributed by atoms with E-state index in [1.54, 1.807) is 6.20 Å². The zero-order chi connectivity index (χ0) is 12.8. The van der Waals surface area contributed by atoms with Gasteiger partial charge in [-0.15, -0.1) is 0 Å². The molecule has 1 aromatic heterocycles. The molecule has 0 bridgehead atoms. The third kappa shape index (κ3) is 1.82. The van der Waals surface area contributed by atoms with Crippen LogP contribution in [-0.2, 0) is 4.74 Å². The first-order valence-electron chi connectivity index (χ1n) is 6.00. The highest BCUT2D eigenvalue weighted by atomic mass is 16.5. The summed E-state index contributed by atoms with van der Waals surface area (Å²) in [4.78, 5) is 21.4. The van der Waals surface area contributed by atoms with E-state index in [1.165, 1.54) is 13.3 Å². The molecule has 18 heavy (non-hydrogen) atoms. The highest BCUT2D eigenvalue weighted by Crippen LogP contribution is 2.45. The standard InChI is InChI=1S/C12H15N3O3/c1-18-11(16)9-4-13-5-10(14-9)15-6-12(17,7-15)8-2-3-8/h4-5,8,17H,2-3,6-7H2,1H3. The molecule has 0 aromatic carbocycles. The molecule has 0 radical (unpaired) electrons. The zero-order valence-corrected chi connectivity index (χ0v) is 10.2. The first-order valence-corrected chi connectivity index (χ1v) is 6.00. The van der Waals surface area contributed by atoms with Crippen LogP contribution in [0.5, 0.6) is 0 Å². The van der Waals surface area contributed by atoms with Crippen molar-refractivity contribution < 1.29 is 14.6 Å². The predicted molar refractivity (Wildman–Crippen MR) is 63.3 cm³/mol. The van der Waals surface area contributed by atoms with Crippen molar-refractivity contribution in [2.45, 2.75) is 18.4 Å². The molecule has 1 saturated heterocycles. The highest BCUT2D eigenvalue weighted by Gasteiger charge is 2.52. The Kier molecular flexibility index (Phi) is 2.48. The first kappa shape index (κ1) is 11.4. The lowest BCUT2D eigenvalue weighted by Gasteiger charge is -2.47. The Morgan fingerprint density at radius 1 is 1.50 bits per heavy atom. The minimum atomic E-state index is -0.567. The molecule has 96 valence electrons. The average molecular weight is 249 g/mol. The van der Waals surface area contributed by atoms with E-state index in [2.05, 4.69) is 14.7 Å². The summed E-state index contributed by atoms with van der Waals surface area (Å²) in [7, 11) is 1.31. The second-order valence-corrected chi connectivity index (χ2v) is 4.99. The Balaban J connectivity index is 1.72. The molecule has 0 amide bonds. The van der Waals surface area contributed by atoms with Crippen LogP contribution in [-0.4, -0.2) is 46.8 Å². The van der Waals surface area contributed by atoms with Crippen LogP contribution in [0.15, 0.2) is 12.4 Å². The van der Waals surface area contributed by atoms with Gasteiger partial charge in [0.25, 0.3) is 0 Å². The molecule has 1 aliphatic heterocycles. The number of β-amino-alcohol motifs (C(OH)–C–C–N with tert-alkyl or cyclic N) is 1. The van der Waals surface area contributed by atoms with Gasteiger partial charge in [0.1, 0.15) is 11.4 Å². The number of methoxy groups -OCH3 is 1. The number of aliphatic hydroxyl groups is 1. The number of aromatic nitrogens is 2. The Morgan fingerprint density at radius 2 is 2.22 bits per heavy atom. The van der Waals surface area contributed by atoms with Gasteiger partial charge < -0.3 is 14.7 Å². The van der Waals surface area contributed by atoms with Gasteiger partial charge >= 0.3 is 5.97 Å². The van der Waals surface area contributed by atoms with Crippen LogP contribution in [0, 0.1) is 5.92 Å². The first-order chi connectivity index (χ1) is 8.62. The van der Waals surface area contributed by atoms with Crippen molar-refractivity contribution in [2.24, 2.45) is 5.92 Å². The summed E-state index contributed by atoms with van der Waals surface area (Å²) < 4.78 is 4.60. The summed E-state index contributed by atoms with van der Waals surface area (Å²) in [6.07, 6.45) is 5.19. The predicted octanol–water partition coefficient (Wildman–Crippen LogP) is 0.224. The van der Waals surface area contributed by atoms with Gasteiger partial charge in [0, 0.05) is 0 Å². The zero-order valence-electron chi connectivity index (χ0n) is 10.2. The quantitative estimate of drug-likeness (QED) is 0.773. The number of anilines is 1. The van der Waals surface area contributed by atoms with Crippen LogP contribution in [0.1, 0.15) is 23.3 Å². The van der Waals surface area contributed by atoms with Crippen molar-refractivity contribution in [3.63, 3.8) is 0 Å². The van der Waals surface area contributed by atoms with Crippen molar-refractivity contribution in [3.05, 3.63) is 18.1 Å². The van der Waals surface area contributed by atoms with Gasteiger partial charge in [0.05, 0.1) is 32.6 Å². The molecular weight excluding hydrogens is 234 g/mol. The van der Waals surface area contributed by atoms with Crippen molar-refractivity contribution in [2.75, 3.05) is 25.1 Å². The molecule has 0 atom stereocenters. The minimum Gasteiger partial charge on any atom is -0.464 e. The molecule has 6 nitrogen and oxygen atoms in total. The lowest BCUT2D eigenvalue weighted by atomic mass is 9.89. The topological polar surface area (TPSA) is 75.5 Å². The summed E-state index contributed by atoms with van der Waals surface area (Å²) in [5.41, 5.74) is -0.375. The van der Waals surface area contributed by atoms with Gasteiger partial charge in [-0.3, -0.25) is 4.98 Å². The summed E-state index contributed by atoms with van der Waals surface area (Å²) >= 11 is 0. The lowest BCUT2D eigenvalue weighted by Crippen LogP contribution is -2.63. The Morgan fingerprint density at radius 3 is 2.83 bits per heavy atom. The average Bonchev–Trinajstić information content (AvgIpc) is 3.18. The number of nitrogens with zero attached hydrogens (tertiary/aromatic N) is 3. The third-order valence-corrected chi connectivity index (χ3v) is 3.61. The molecule has 3 rings (SSSR count). The molecule has 1 aromatic rings. The largest absolute Gasteiger partial charge is 0.464 e. The molecule has 1 aliphatic carbocycles. The lowest BCUT2D eigenvalue weighted by molar-refractivity contribution is -0.00978. The van der Waals surface area contributed by atoms with E-state index < -0.39 is 11.6 Å². The van der Waals surface area contributed by atoms with Crippen molar-refractivity contribution in [1.82, 2.24) is 9.97 Å². The molecule has 2 aliphatic rings. The van der Waals surface area contributed by atoms with Crippen LogP contribution in [0.2, 0.25) is 0 Å². The van der Waals surface area contributed by atoms with Gasteiger partial charge in [0.15, 0.2) is 5.69 Å². The van der Waals surface area contributed by atoms with Gasteiger partial charge in [-0.1, -0.05) is 0 Å². The molecule has 0 unspecified atom stereocenters. The fraction of sp³-hybridized carbons (Fsp3) is 0.583. The molecule has 2 heterocycles. The number of hydrogen-bond donors (Lipinski definition) is 1. The molecule has 1 saturated carbocycles. The maximum atomic E-state index is 11.3. The highest BCUT2D eigenvalue weighted by molar-refractivity contribution is 5.87. The van der Waals surface area contributed by atoms with E-state index in [1.807, 2.05) is 4.90 Å². The molecule has 1 N–H and O–H groups in total. The summed E-state index contributed by atoms with van der Waals surface area (Å²) in [5.74, 6) is 0.552. The van der Waals surface area contributed by atoms with Gasteiger partial charge in [-0.2, -0.15) is 0 Å². The maximum Gasteiger partial charge on any atom is 0.358 e. The minimum absolute atomic E-state index is 0.192. The second kappa shape index (κ2) is 3.91. The fourth-order valence-electron chi connectivity index (χ4n) is 2.37. The number of carbonyl (C=O) groups excluding carboxylic acids is 1. The Labute approximate surface area is 105 Å². The molecule has 0 spiro atoms. The normalized spacial score (nSPS) is 21.3. The summed E-state index contributed by atoms with van der Waals surface area (Å²) in [6.45, 7) is 1.13. The number of hydrogen-bond acceptors (Lipinski definition) is 6. The molecule has 6 heteroatoms. The monoisotopic (exact) mass is 249 g/mol. The van der Waals surface area contributed by atoms with E-state index in [-0.39, 0.29) is 5.69 Å². The van der Waals surface area contributed by atoms with Crippen LogP contribution < -0.4 is 4.90 Å². The Hall–Kier alpha value is -1.69. The number of rotatable bonds is 3. The second-order valence-electron chi connectivity index (χ2n) is 4.99. The van der Waals surface area contributed by atoms with Crippen LogP contribution in [0.25, 0.3) is 0 Å². The third-order valence-electron chi connectivity index (χ3n) is 3.61. The smallest absolute Gasteiger partial charge is 0.358 e. The van der Waals surface area contributed by atoms with Gasteiger partial charge in [-0.05, 0) is 18.8 Å². The van der Waals surface area contributed by atoms with Crippen molar-refractivity contribution >= 4 is 11.8 Å². The van der Waals surface area contributed by atoms with E-state index >= 15 is 0 Å². The van der Waals surface area contributed by atoms with Crippen LogP contribution >= 0.6 is 0 Å². The van der Waals surface area contributed by atoms with E-state index in [0.29, 0.717) is 24.8 Å². The van der Waals surface area contributed by atoms with Crippen molar-refractivity contribution in [1.29, 1.82) is 0 Å². The number of carbonyl (C=O) groups is 1. The van der Waals surface area contributed by atoms with Crippen molar-refractivity contribution in [3.8, 4) is 0 Å². The summed E-state index contributed by atoms with van der Waals surface area (Å²) in [5, 5.41) is 10.2. The Bertz CT molecular complexity index is 481. The number of ether oxygens (including phenoxy) is 1. The van der Waals surface area contributed by atoms with E-state index in [4.69, 9.17) is 0 Å². The SMILES string of the molecule is COC(=O)c1cncc(N2CC(O)(C3CC3)C2)n1. The van der Waals surface area contributed by atoms with Gasteiger partial charge in [0.2, 0.25) is 0 Å². The maximum absolute atomic E-state index is 11.3. The van der Waals surface area contributed by atoms with Crippen LogP contribution in [0.3, 0.4) is 0 Å². The fourth-order valence-corrected chi connectivity index (χ4v) is 2.37.